The van der Waals surface area contributed by atoms with Gasteiger partial charge in [0.25, 0.3) is 0 Å². The summed E-state index contributed by atoms with van der Waals surface area (Å²) in [7, 11) is 0. The molecule has 1 aromatic rings. The van der Waals surface area contributed by atoms with Gasteiger partial charge in [0.05, 0.1) is 18.3 Å². The summed E-state index contributed by atoms with van der Waals surface area (Å²) in [4.78, 5) is 0. The quantitative estimate of drug-likeness (QED) is 0.578. The number of unbranched alkanes of at least 4 members (excludes halogenated alkanes) is 3. The fourth-order valence-electron chi connectivity index (χ4n) is 2.07. The highest BCUT2D eigenvalue weighted by atomic mass is 19.1. The summed E-state index contributed by atoms with van der Waals surface area (Å²) in [6.45, 7) is 4.46. The number of rotatable bonds is 8. The first-order chi connectivity index (χ1) is 10.2. The van der Waals surface area contributed by atoms with Crippen LogP contribution in [0.15, 0.2) is 18.2 Å². The van der Waals surface area contributed by atoms with Crippen molar-refractivity contribution in [1.29, 1.82) is 0 Å². The molecule has 3 heteroatoms. The summed E-state index contributed by atoms with van der Waals surface area (Å²) < 4.78 is 19.3. The molecule has 0 spiro atoms. The van der Waals surface area contributed by atoms with Gasteiger partial charge in [-0.25, -0.2) is 4.39 Å². The van der Waals surface area contributed by atoms with Gasteiger partial charge in [-0.15, -0.1) is 0 Å². The highest BCUT2D eigenvalue weighted by molar-refractivity contribution is 5.38. The van der Waals surface area contributed by atoms with Crippen molar-refractivity contribution in [3.63, 3.8) is 0 Å². The molecular weight excluding hydrogens is 267 g/mol. The summed E-state index contributed by atoms with van der Waals surface area (Å²) in [5.74, 6) is 4.70. The van der Waals surface area contributed by atoms with E-state index in [1.807, 2.05) is 0 Å². The monoisotopic (exact) mass is 292 g/mol. The Kier molecular flexibility index (Phi) is 8.73. The molecule has 0 bridgehead atoms. The van der Waals surface area contributed by atoms with E-state index < -0.39 is 0 Å². The van der Waals surface area contributed by atoms with Crippen molar-refractivity contribution >= 4 is 0 Å². The van der Waals surface area contributed by atoms with E-state index in [0.717, 1.165) is 12.0 Å². The second-order valence-corrected chi connectivity index (χ2v) is 5.25. The minimum atomic E-state index is -0.368. The van der Waals surface area contributed by atoms with E-state index in [4.69, 9.17) is 9.84 Å². The van der Waals surface area contributed by atoms with Crippen molar-refractivity contribution in [2.45, 2.75) is 58.7 Å². The van der Waals surface area contributed by atoms with Gasteiger partial charge in [-0.05, 0) is 31.0 Å². The summed E-state index contributed by atoms with van der Waals surface area (Å²) >= 11 is 0. The van der Waals surface area contributed by atoms with Gasteiger partial charge < -0.3 is 9.84 Å². The first kappa shape index (κ1) is 17.7. The average molecular weight is 292 g/mol. The number of halogens is 1. The largest absolute Gasteiger partial charge is 0.384 e. The smallest absolute Gasteiger partial charge is 0.138 e. The Balaban J connectivity index is 2.44. The zero-order chi connectivity index (χ0) is 15.5. The number of aliphatic hydroxyl groups excluding tert-OH is 1. The lowest BCUT2D eigenvalue weighted by Crippen LogP contribution is -2.08. The number of ether oxygens (including phenoxy) is 1. The predicted octanol–water partition coefficient (Wildman–Crippen LogP) is 4.05. The lowest BCUT2D eigenvalue weighted by molar-refractivity contribution is 0.0458. The zero-order valence-corrected chi connectivity index (χ0v) is 13.0. The molecule has 0 aliphatic carbocycles. The van der Waals surface area contributed by atoms with Crippen LogP contribution in [-0.4, -0.2) is 17.8 Å². The molecule has 1 N–H and O–H groups in total. The maximum atomic E-state index is 13.5. The Labute approximate surface area is 127 Å². The second kappa shape index (κ2) is 10.4. The van der Waals surface area contributed by atoms with Crippen LogP contribution in [0.4, 0.5) is 4.39 Å². The normalized spacial score (nSPS) is 11.8. The third-order valence-corrected chi connectivity index (χ3v) is 3.33. The highest BCUT2D eigenvalue weighted by Gasteiger charge is 2.05. The van der Waals surface area contributed by atoms with Crippen LogP contribution < -0.4 is 0 Å². The van der Waals surface area contributed by atoms with Gasteiger partial charge in [0.1, 0.15) is 12.4 Å². The van der Waals surface area contributed by atoms with Crippen molar-refractivity contribution in [3.05, 3.63) is 35.1 Å². The molecule has 0 aliphatic rings. The van der Waals surface area contributed by atoms with Gasteiger partial charge in [0.15, 0.2) is 0 Å². The Hall–Kier alpha value is -1.37. The molecule has 21 heavy (non-hydrogen) atoms. The Morgan fingerprint density at radius 1 is 1.29 bits per heavy atom. The van der Waals surface area contributed by atoms with E-state index in [1.54, 1.807) is 12.1 Å². The zero-order valence-electron chi connectivity index (χ0n) is 13.0. The minimum absolute atomic E-state index is 0.207. The maximum absolute atomic E-state index is 13.5. The topological polar surface area (TPSA) is 29.5 Å². The van der Waals surface area contributed by atoms with Crippen LogP contribution in [-0.2, 0) is 11.3 Å². The van der Waals surface area contributed by atoms with Crippen molar-refractivity contribution in [2.24, 2.45) is 0 Å². The van der Waals surface area contributed by atoms with Crippen LogP contribution >= 0.6 is 0 Å². The third kappa shape index (κ3) is 7.27. The van der Waals surface area contributed by atoms with Gasteiger partial charge in [0.2, 0.25) is 0 Å². The molecule has 0 aliphatic heterocycles. The number of aliphatic hydroxyl groups is 1. The van der Waals surface area contributed by atoms with Crippen LogP contribution in [0.1, 0.15) is 57.1 Å². The van der Waals surface area contributed by atoms with Crippen LogP contribution in [0.2, 0.25) is 0 Å². The van der Waals surface area contributed by atoms with E-state index >= 15 is 0 Å². The van der Waals surface area contributed by atoms with Crippen molar-refractivity contribution in [2.75, 3.05) is 6.61 Å². The van der Waals surface area contributed by atoms with E-state index in [2.05, 4.69) is 25.7 Å². The molecular formula is C18H25FO2. The summed E-state index contributed by atoms with van der Waals surface area (Å²) in [6.07, 6.45) is 6.21. The molecule has 1 rings (SSSR count). The molecule has 0 saturated carbocycles. The summed E-state index contributed by atoms with van der Waals surface area (Å²) in [6, 6.07) is 4.79. The van der Waals surface area contributed by atoms with Crippen LogP contribution in [0, 0.1) is 17.7 Å². The fraction of sp³-hybridized carbons (Fsp3) is 0.556. The number of benzene rings is 1. The molecule has 0 amide bonds. The molecule has 0 aromatic heterocycles. The minimum Gasteiger partial charge on any atom is -0.384 e. The Bertz CT molecular complexity index is 474. The van der Waals surface area contributed by atoms with E-state index in [0.29, 0.717) is 12.2 Å². The van der Waals surface area contributed by atoms with Crippen LogP contribution in [0.5, 0.6) is 0 Å². The van der Waals surface area contributed by atoms with E-state index in [1.165, 1.54) is 31.7 Å². The molecule has 0 radical (unpaired) electrons. The first-order valence-electron chi connectivity index (χ1n) is 7.67. The number of hydrogen-bond donors (Lipinski definition) is 1. The Morgan fingerprint density at radius 3 is 2.81 bits per heavy atom. The summed E-state index contributed by atoms with van der Waals surface area (Å²) in [5, 5.41) is 8.66. The average Bonchev–Trinajstić information content (AvgIpc) is 2.49. The SMILES string of the molecule is CCCCCCC(C)OCc1ccc(F)c(C#CCO)c1. The van der Waals surface area contributed by atoms with E-state index in [9.17, 15) is 4.39 Å². The predicted molar refractivity (Wildman–Crippen MR) is 83.4 cm³/mol. The van der Waals surface area contributed by atoms with Gasteiger partial charge in [-0.1, -0.05) is 50.5 Å². The highest BCUT2D eigenvalue weighted by Crippen LogP contribution is 2.13. The van der Waals surface area contributed by atoms with Crippen molar-refractivity contribution in [1.82, 2.24) is 0 Å². The van der Waals surface area contributed by atoms with Crippen LogP contribution in [0.25, 0.3) is 0 Å². The molecule has 0 fully saturated rings. The molecule has 0 heterocycles. The molecule has 2 nitrogen and oxygen atoms in total. The number of hydrogen-bond acceptors (Lipinski definition) is 2. The van der Waals surface area contributed by atoms with Gasteiger partial charge in [-0.2, -0.15) is 0 Å². The lowest BCUT2D eigenvalue weighted by Gasteiger charge is -2.13. The second-order valence-electron chi connectivity index (χ2n) is 5.25. The Morgan fingerprint density at radius 2 is 2.10 bits per heavy atom. The summed E-state index contributed by atoms with van der Waals surface area (Å²) in [5.41, 5.74) is 1.21. The third-order valence-electron chi connectivity index (χ3n) is 3.33. The molecule has 0 saturated heterocycles. The van der Waals surface area contributed by atoms with Gasteiger partial charge in [-0.3, -0.25) is 0 Å². The lowest BCUT2D eigenvalue weighted by atomic mass is 10.1. The molecule has 1 unspecified atom stereocenters. The fourth-order valence-corrected chi connectivity index (χ4v) is 2.07. The maximum Gasteiger partial charge on any atom is 0.138 e. The van der Waals surface area contributed by atoms with E-state index in [-0.39, 0.29) is 18.5 Å². The van der Waals surface area contributed by atoms with Crippen LogP contribution in [0.3, 0.4) is 0 Å². The first-order valence-corrected chi connectivity index (χ1v) is 7.67. The van der Waals surface area contributed by atoms with Crippen molar-refractivity contribution in [3.8, 4) is 11.8 Å². The molecule has 1 aromatic carbocycles. The van der Waals surface area contributed by atoms with Gasteiger partial charge in [0, 0.05) is 0 Å². The molecule has 1 atom stereocenters. The van der Waals surface area contributed by atoms with Gasteiger partial charge >= 0.3 is 0 Å². The standard InChI is InChI=1S/C18H25FO2/c1-3-4-5-6-8-15(2)21-14-16-10-11-18(19)17(13-16)9-7-12-20/h10-11,13,15,20H,3-6,8,12,14H2,1-2H3. The molecule has 116 valence electrons. The van der Waals surface area contributed by atoms with Crippen molar-refractivity contribution < 1.29 is 14.2 Å².